The molecule has 0 aliphatic carbocycles. The predicted octanol–water partition coefficient (Wildman–Crippen LogP) is 6.57. The Balaban J connectivity index is 5.36. The summed E-state index contributed by atoms with van der Waals surface area (Å²) in [7, 11) is -1.91. The molecule has 0 amide bonds. The minimum atomic E-state index is -1.91. The molecule has 1 N–H and O–H groups in total. The van der Waals surface area contributed by atoms with Gasteiger partial charge in [-0.1, -0.05) is 45.9 Å². The predicted molar refractivity (Wildman–Crippen MR) is 130 cm³/mol. The molecule has 4 atom stereocenters. The van der Waals surface area contributed by atoms with Crippen molar-refractivity contribution < 1.29 is 19.1 Å². The Hall–Kier alpha value is -1.17. The van der Waals surface area contributed by atoms with Crippen LogP contribution < -0.4 is 0 Å². The third-order valence-corrected chi connectivity index (χ3v) is 11.1. The van der Waals surface area contributed by atoms with Gasteiger partial charge in [0.15, 0.2) is 8.32 Å². The maximum absolute atomic E-state index is 12.5. The van der Waals surface area contributed by atoms with Crippen molar-refractivity contribution in [2.45, 2.75) is 110 Å². The first-order valence-corrected chi connectivity index (χ1v) is 14.0. The van der Waals surface area contributed by atoms with Gasteiger partial charge < -0.3 is 14.3 Å². The van der Waals surface area contributed by atoms with Crippen molar-refractivity contribution in [3.63, 3.8) is 0 Å². The molecule has 0 spiro atoms. The van der Waals surface area contributed by atoms with Gasteiger partial charge in [-0.15, -0.1) is 6.58 Å². The zero-order chi connectivity index (χ0) is 23.4. The van der Waals surface area contributed by atoms with Gasteiger partial charge in [0.1, 0.15) is 6.10 Å². The van der Waals surface area contributed by atoms with E-state index in [1.165, 1.54) is 6.08 Å². The molecule has 0 aromatic rings. The van der Waals surface area contributed by atoms with Crippen LogP contribution in [-0.4, -0.2) is 37.2 Å². The summed E-state index contributed by atoms with van der Waals surface area (Å²) in [6.07, 6.45) is 7.52. The van der Waals surface area contributed by atoms with Crippen molar-refractivity contribution in [2.75, 3.05) is 0 Å². The molecule has 0 rings (SSSR count). The Morgan fingerprint density at radius 2 is 1.73 bits per heavy atom. The minimum Gasteiger partial charge on any atom is -0.459 e. The summed E-state index contributed by atoms with van der Waals surface area (Å²) in [5, 5.41) is 10.2. The van der Waals surface area contributed by atoms with Gasteiger partial charge in [0, 0.05) is 6.08 Å². The van der Waals surface area contributed by atoms with E-state index in [0.29, 0.717) is 12.8 Å². The maximum atomic E-state index is 12.5. The van der Waals surface area contributed by atoms with Gasteiger partial charge in [-0.2, -0.15) is 0 Å². The zero-order valence-electron chi connectivity index (χ0n) is 20.5. The van der Waals surface area contributed by atoms with Gasteiger partial charge in [-0.3, -0.25) is 0 Å². The number of aliphatic hydroxyl groups excluding tert-OH is 1. The molecule has 0 aliphatic rings. The number of carbonyl (C=O) groups is 1. The highest BCUT2D eigenvalue weighted by Crippen LogP contribution is 2.32. The van der Waals surface area contributed by atoms with Crippen LogP contribution in [0, 0.1) is 5.92 Å². The average Bonchev–Trinajstić information content (AvgIpc) is 2.72. The van der Waals surface area contributed by atoms with Crippen LogP contribution >= 0.6 is 0 Å². The summed E-state index contributed by atoms with van der Waals surface area (Å²) >= 11 is 0. The third kappa shape index (κ3) is 10.2. The molecule has 174 valence electrons. The van der Waals surface area contributed by atoms with Crippen LogP contribution in [0.2, 0.25) is 18.1 Å². The molecule has 4 nitrogen and oxygen atoms in total. The molecule has 0 radical (unpaired) electrons. The van der Waals surface area contributed by atoms with Gasteiger partial charge in [0.05, 0.1) is 11.7 Å². The van der Waals surface area contributed by atoms with Crippen molar-refractivity contribution in [1.29, 1.82) is 0 Å². The van der Waals surface area contributed by atoms with Crippen LogP contribution in [0.25, 0.3) is 0 Å². The molecule has 0 fully saturated rings. The van der Waals surface area contributed by atoms with Crippen LogP contribution in [0.1, 0.15) is 74.1 Å². The fourth-order valence-corrected chi connectivity index (χ4v) is 6.59. The Morgan fingerprint density at radius 3 is 2.20 bits per heavy atom. The molecule has 0 bridgehead atoms. The monoisotopic (exact) mass is 438 g/mol. The van der Waals surface area contributed by atoms with E-state index in [9.17, 15) is 9.90 Å². The van der Waals surface area contributed by atoms with E-state index in [4.69, 9.17) is 9.16 Å². The molecule has 0 aliphatic heterocycles. The van der Waals surface area contributed by atoms with E-state index in [1.807, 2.05) is 32.9 Å². The highest BCUT2D eigenvalue weighted by atomic mass is 28.4. The maximum Gasteiger partial charge on any atom is 0.330 e. The first-order valence-electron chi connectivity index (χ1n) is 11.5. The number of allylic oxidation sites excluding steroid dienone is 1. The summed E-state index contributed by atoms with van der Waals surface area (Å²) in [6.45, 7) is 22.0. The van der Waals surface area contributed by atoms with Crippen LogP contribution in [-0.2, 0) is 14.0 Å². The van der Waals surface area contributed by atoms with Gasteiger partial charge in [0.2, 0.25) is 0 Å². The normalized spacial score (nSPS) is 17.2. The zero-order valence-corrected chi connectivity index (χ0v) is 21.5. The van der Waals surface area contributed by atoms with Crippen LogP contribution in [0.5, 0.6) is 0 Å². The number of carbonyl (C=O) groups excluding carboxylic acids is 1. The van der Waals surface area contributed by atoms with E-state index in [-0.39, 0.29) is 18.0 Å². The lowest BCUT2D eigenvalue weighted by Crippen LogP contribution is -2.45. The fraction of sp³-hybridized carbons (Fsp3) is 0.720. The molecule has 30 heavy (non-hydrogen) atoms. The van der Waals surface area contributed by atoms with Crippen LogP contribution in [0.15, 0.2) is 37.0 Å². The molecule has 0 aromatic heterocycles. The van der Waals surface area contributed by atoms with Crippen molar-refractivity contribution in [1.82, 2.24) is 0 Å². The lowest BCUT2D eigenvalue weighted by atomic mass is 9.95. The summed E-state index contributed by atoms with van der Waals surface area (Å²) in [6, 6.07) is 3.07. The van der Waals surface area contributed by atoms with E-state index in [0.717, 1.165) is 36.5 Å². The van der Waals surface area contributed by atoms with Crippen molar-refractivity contribution >= 4 is 14.3 Å². The largest absolute Gasteiger partial charge is 0.459 e. The first kappa shape index (κ1) is 28.8. The Morgan fingerprint density at radius 1 is 1.17 bits per heavy atom. The summed E-state index contributed by atoms with van der Waals surface area (Å²) in [5.41, 5.74) is 0.120. The highest BCUT2D eigenvalue weighted by Gasteiger charge is 2.37. The first-order chi connectivity index (χ1) is 14.0. The Kier molecular flexibility index (Phi) is 13.4. The molecule has 0 heterocycles. The number of ether oxygens (including phenoxy) is 1. The van der Waals surface area contributed by atoms with Gasteiger partial charge >= 0.3 is 5.97 Å². The molecule has 0 unspecified atom stereocenters. The number of hydrogen-bond donors (Lipinski definition) is 1. The molecular weight excluding hydrogens is 392 g/mol. The van der Waals surface area contributed by atoms with E-state index < -0.39 is 20.0 Å². The second-order valence-electron chi connectivity index (χ2n) is 8.88. The molecular formula is C25H46O4Si. The standard InChI is InChI=1S/C25H46O4Si/c1-10-14-15-21(7)22(8)28-24(27)17-19-25(9,18-16-23(26)20(5)6)29-30(11-2,12-3)13-4/h10,17,19,21-23,26H,1,5,11-16,18H2,2-4,6-9H3/b19-17+/t21-,22+,23-,25+/m0/s1. The van der Waals surface area contributed by atoms with Gasteiger partial charge in [0.25, 0.3) is 0 Å². The highest BCUT2D eigenvalue weighted by molar-refractivity contribution is 6.73. The quantitative estimate of drug-likeness (QED) is 0.128. The summed E-state index contributed by atoms with van der Waals surface area (Å²) < 4.78 is 12.4. The SMILES string of the molecule is C=CCC[C@H](C)[C@@H](C)OC(=O)/C=C/[C@@](C)(CC[C@H](O)C(=C)C)O[Si](CC)(CC)CC. The molecule has 0 aromatic carbocycles. The van der Waals surface area contributed by atoms with E-state index in [1.54, 1.807) is 0 Å². The topological polar surface area (TPSA) is 55.8 Å². The lowest BCUT2D eigenvalue weighted by Gasteiger charge is -2.39. The van der Waals surface area contributed by atoms with Gasteiger partial charge in [-0.05, 0) is 76.6 Å². The van der Waals surface area contributed by atoms with Crippen molar-refractivity contribution in [3.8, 4) is 0 Å². The van der Waals surface area contributed by atoms with Crippen molar-refractivity contribution in [2.24, 2.45) is 5.92 Å². The van der Waals surface area contributed by atoms with Gasteiger partial charge in [-0.25, -0.2) is 4.79 Å². The van der Waals surface area contributed by atoms with E-state index in [2.05, 4.69) is 40.9 Å². The summed E-state index contributed by atoms with van der Waals surface area (Å²) in [4.78, 5) is 12.5. The minimum absolute atomic E-state index is 0.157. The average molecular weight is 439 g/mol. The number of rotatable bonds is 16. The van der Waals surface area contributed by atoms with Crippen LogP contribution in [0.4, 0.5) is 0 Å². The second-order valence-corrected chi connectivity index (χ2v) is 13.6. The summed E-state index contributed by atoms with van der Waals surface area (Å²) in [5.74, 6) is -0.0750. The number of esters is 1. The fourth-order valence-electron chi connectivity index (χ4n) is 3.50. The number of hydrogen-bond acceptors (Lipinski definition) is 4. The Labute approximate surface area is 186 Å². The third-order valence-electron chi connectivity index (χ3n) is 6.37. The molecule has 5 heteroatoms. The Bertz CT molecular complexity index is 559. The van der Waals surface area contributed by atoms with E-state index >= 15 is 0 Å². The smallest absolute Gasteiger partial charge is 0.330 e. The van der Waals surface area contributed by atoms with Crippen LogP contribution in [0.3, 0.4) is 0 Å². The van der Waals surface area contributed by atoms with Crippen molar-refractivity contribution in [3.05, 3.63) is 37.0 Å². The lowest BCUT2D eigenvalue weighted by molar-refractivity contribution is -0.144. The molecule has 0 saturated heterocycles. The second kappa shape index (κ2) is 14.0. The number of aliphatic hydroxyl groups is 1. The molecule has 0 saturated carbocycles.